The van der Waals surface area contributed by atoms with E-state index in [2.05, 4.69) is 9.97 Å². The highest BCUT2D eigenvalue weighted by Crippen LogP contribution is 2.35. The molecular formula is C19H18N4O. The van der Waals surface area contributed by atoms with Gasteiger partial charge in [0.2, 0.25) is 0 Å². The van der Waals surface area contributed by atoms with Crippen LogP contribution in [0, 0.1) is 6.92 Å². The lowest BCUT2D eigenvalue weighted by molar-refractivity contribution is 0.0987. The smallest absolute Gasteiger partial charge is 0.258 e. The Hall–Kier alpha value is -3.08. The van der Waals surface area contributed by atoms with Crippen molar-refractivity contribution in [3.63, 3.8) is 0 Å². The minimum atomic E-state index is -0.0238. The lowest BCUT2D eigenvalue weighted by atomic mass is 10.1. The zero-order valence-corrected chi connectivity index (χ0v) is 13.4. The predicted molar refractivity (Wildman–Crippen MR) is 95.0 cm³/mol. The Kier molecular flexibility index (Phi) is 3.34. The molecule has 1 amide bonds. The van der Waals surface area contributed by atoms with Crippen molar-refractivity contribution in [3.05, 3.63) is 65.6 Å². The molecule has 2 heterocycles. The number of amides is 1. The second-order valence-corrected chi connectivity index (χ2v) is 6.00. The number of hydrogen-bond acceptors (Lipinski definition) is 3. The Morgan fingerprint density at radius 3 is 2.71 bits per heavy atom. The molecule has 5 nitrogen and oxygen atoms in total. The second kappa shape index (κ2) is 5.53. The third kappa shape index (κ3) is 2.34. The third-order valence-corrected chi connectivity index (χ3v) is 4.34. The van der Waals surface area contributed by atoms with Gasteiger partial charge in [-0.1, -0.05) is 18.2 Å². The molecule has 120 valence electrons. The number of carbonyl (C=O) groups excluding carboxylic acids is 1. The Balaban J connectivity index is 1.80. The van der Waals surface area contributed by atoms with Crippen molar-refractivity contribution in [2.45, 2.75) is 13.3 Å². The molecule has 1 aliphatic rings. The zero-order valence-electron chi connectivity index (χ0n) is 13.4. The van der Waals surface area contributed by atoms with Gasteiger partial charge in [0.15, 0.2) is 0 Å². The van der Waals surface area contributed by atoms with Gasteiger partial charge in [-0.3, -0.25) is 4.79 Å². The van der Waals surface area contributed by atoms with Crippen LogP contribution >= 0.6 is 0 Å². The number of nitrogens with one attached hydrogen (secondary N) is 1. The number of hydrogen-bond donors (Lipinski definition) is 2. The Morgan fingerprint density at radius 2 is 1.92 bits per heavy atom. The highest BCUT2D eigenvalue weighted by atomic mass is 16.2. The molecule has 0 aliphatic carbocycles. The van der Waals surface area contributed by atoms with E-state index in [1.54, 1.807) is 24.3 Å². The number of aromatic amines is 1. The van der Waals surface area contributed by atoms with Crippen molar-refractivity contribution in [1.82, 2.24) is 9.97 Å². The average molecular weight is 318 g/mol. The highest BCUT2D eigenvalue weighted by Gasteiger charge is 2.26. The number of carbonyl (C=O) groups is 1. The second-order valence-electron chi connectivity index (χ2n) is 6.00. The number of aromatic nitrogens is 2. The van der Waals surface area contributed by atoms with Gasteiger partial charge in [0.1, 0.15) is 5.82 Å². The molecule has 0 unspecified atom stereocenters. The average Bonchev–Trinajstić information content (AvgIpc) is 2.89. The summed E-state index contributed by atoms with van der Waals surface area (Å²) in [4.78, 5) is 22.8. The molecule has 1 aliphatic heterocycles. The number of aryl methyl sites for hydroxylation is 1. The third-order valence-electron chi connectivity index (χ3n) is 4.34. The summed E-state index contributed by atoms with van der Waals surface area (Å²) in [6.07, 6.45) is 0.742. The minimum Gasteiger partial charge on any atom is -0.399 e. The zero-order chi connectivity index (χ0) is 16.7. The molecule has 0 atom stereocenters. The SMILES string of the molecule is Cc1nc2c([nH]1)CCN(C(=O)c1ccc(N)cc1)c1ccccc1-2. The predicted octanol–water partition coefficient (Wildman–Crippen LogP) is 3.17. The van der Waals surface area contributed by atoms with Gasteiger partial charge in [0, 0.05) is 35.5 Å². The number of H-pyrrole nitrogens is 1. The van der Waals surface area contributed by atoms with E-state index >= 15 is 0 Å². The first-order valence-corrected chi connectivity index (χ1v) is 7.96. The number of nitrogen functional groups attached to an aromatic ring is 1. The van der Waals surface area contributed by atoms with E-state index in [0.29, 0.717) is 17.8 Å². The largest absolute Gasteiger partial charge is 0.399 e. The van der Waals surface area contributed by atoms with Crippen molar-refractivity contribution in [2.75, 3.05) is 17.2 Å². The van der Waals surface area contributed by atoms with Gasteiger partial charge in [-0.15, -0.1) is 0 Å². The van der Waals surface area contributed by atoms with E-state index in [-0.39, 0.29) is 5.91 Å². The number of para-hydroxylation sites is 1. The maximum absolute atomic E-state index is 13.0. The molecule has 0 saturated heterocycles. The van der Waals surface area contributed by atoms with Gasteiger partial charge in [0.25, 0.3) is 5.91 Å². The fourth-order valence-corrected chi connectivity index (χ4v) is 3.19. The van der Waals surface area contributed by atoms with Gasteiger partial charge in [-0.25, -0.2) is 4.98 Å². The summed E-state index contributed by atoms with van der Waals surface area (Å²) in [5, 5.41) is 0. The van der Waals surface area contributed by atoms with Crippen LogP contribution < -0.4 is 10.6 Å². The summed E-state index contributed by atoms with van der Waals surface area (Å²) in [5.41, 5.74) is 10.9. The molecule has 0 fully saturated rings. The molecule has 2 aromatic carbocycles. The number of benzene rings is 2. The fourth-order valence-electron chi connectivity index (χ4n) is 3.19. The summed E-state index contributed by atoms with van der Waals surface area (Å²) < 4.78 is 0. The Bertz CT molecular complexity index is 911. The van der Waals surface area contributed by atoms with Crippen molar-refractivity contribution in [2.24, 2.45) is 0 Å². The van der Waals surface area contributed by atoms with Crippen molar-refractivity contribution < 1.29 is 4.79 Å². The maximum Gasteiger partial charge on any atom is 0.258 e. The fraction of sp³-hybridized carbons (Fsp3) is 0.158. The number of fused-ring (bicyclic) bond motifs is 3. The number of nitrogens with zero attached hydrogens (tertiary/aromatic N) is 2. The van der Waals surface area contributed by atoms with Crippen LogP contribution in [0.25, 0.3) is 11.3 Å². The van der Waals surface area contributed by atoms with Gasteiger partial charge in [-0.05, 0) is 37.3 Å². The first kappa shape index (κ1) is 14.5. The molecule has 0 spiro atoms. The van der Waals surface area contributed by atoms with E-state index in [4.69, 9.17) is 5.73 Å². The first-order chi connectivity index (χ1) is 11.6. The molecule has 0 radical (unpaired) electrons. The van der Waals surface area contributed by atoms with Crippen LogP contribution in [-0.2, 0) is 6.42 Å². The normalized spacial score (nSPS) is 13.1. The van der Waals surface area contributed by atoms with Crippen LogP contribution in [0.4, 0.5) is 11.4 Å². The molecule has 0 saturated carbocycles. The standard InChI is InChI=1S/C19H18N4O/c1-12-21-16-10-11-23(19(24)13-6-8-14(20)9-7-13)17-5-3-2-4-15(17)18(16)22-12/h2-9H,10-11,20H2,1H3,(H,21,22). The Morgan fingerprint density at radius 1 is 1.17 bits per heavy atom. The molecule has 4 rings (SSSR count). The molecule has 24 heavy (non-hydrogen) atoms. The van der Waals surface area contributed by atoms with Crippen LogP contribution in [0.3, 0.4) is 0 Å². The summed E-state index contributed by atoms with van der Waals surface area (Å²) in [6.45, 7) is 2.56. The summed E-state index contributed by atoms with van der Waals surface area (Å²) in [6, 6.07) is 15.0. The van der Waals surface area contributed by atoms with Gasteiger partial charge in [-0.2, -0.15) is 0 Å². The van der Waals surface area contributed by atoms with Gasteiger partial charge in [0.05, 0.1) is 11.4 Å². The number of rotatable bonds is 1. The molecule has 0 bridgehead atoms. The first-order valence-electron chi connectivity index (χ1n) is 7.96. The van der Waals surface area contributed by atoms with E-state index in [9.17, 15) is 4.79 Å². The summed E-state index contributed by atoms with van der Waals surface area (Å²) in [7, 11) is 0. The molecular weight excluding hydrogens is 300 g/mol. The van der Waals surface area contributed by atoms with E-state index in [0.717, 1.165) is 34.9 Å². The molecule has 3 aromatic rings. The van der Waals surface area contributed by atoms with Crippen LogP contribution in [0.5, 0.6) is 0 Å². The van der Waals surface area contributed by atoms with Crippen LogP contribution in [0.15, 0.2) is 48.5 Å². The topological polar surface area (TPSA) is 75.0 Å². The van der Waals surface area contributed by atoms with Crippen molar-refractivity contribution in [3.8, 4) is 11.3 Å². The van der Waals surface area contributed by atoms with Gasteiger partial charge >= 0.3 is 0 Å². The van der Waals surface area contributed by atoms with Gasteiger partial charge < -0.3 is 15.6 Å². The Labute approximate surface area is 140 Å². The quantitative estimate of drug-likeness (QED) is 0.677. The summed E-state index contributed by atoms with van der Waals surface area (Å²) >= 11 is 0. The lowest BCUT2D eigenvalue weighted by Crippen LogP contribution is -2.32. The molecule has 1 aromatic heterocycles. The van der Waals surface area contributed by atoms with Crippen LogP contribution in [0.2, 0.25) is 0 Å². The summed E-state index contributed by atoms with van der Waals surface area (Å²) in [5.74, 6) is 0.873. The van der Waals surface area contributed by atoms with E-state index in [1.165, 1.54) is 0 Å². The molecule has 3 N–H and O–H groups in total. The minimum absolute atomic E-state index is 0.0238. The van der Waals surface area contributed by atoms with E-state index < -0.39 is 0 Å². The molecule has 5 heteroatoms. The maximum atomic E-state index is 13.0. The lowest BCUT2D eigenvalue weighted by Gasteiger charge is -2.23. The monoisotopic (exact) mass is 318 g/mol. The van der Waals surface area contributed by atoms with E-state index in [1.807, 2.05) is 36.1 Å². The van der Waals surface area contributed by atoms with Crippen LogP contribution in [0.1, 0.15) is 21.9 Å². The number of imidazole rings is 1. The van der Waals surface area contributed by atoms with Crippen molar-refractivity contribution in [1.29, 1.82) is 0 Å². The van der Waals surface area contributed by atoms with Crippen LogP contribution in [-0.4, -0.2) is 22.4 Å². The highest BCUT2D eigenvalue weighted by molar-refractivity contribution is 6.08. The number of anilines is 2. The number of nitrogens with two attached hydrogens (primary N) is 1. The van der Waals surface area contributed by atoms with Crippen molar-refractivity contribution >= 4 is 17.3 Å².